The molecular formula is C73H156FN9O6. The van der Waals surface area contributed by atoms with Crippen molar-refractivity contribution >= 4 is 0 Å². The number of nitrogens with one attached hydrogen (secondary N) is 1. The van der Waals surface area contributed by atoms with Gasteiger partial charge in [0.05, 0.1) is 59.0 Å². The Kier molecular flexibility index (Phi) is 56.1. The number of hydrogen-bond donors (Lipinski definition) is 3. The maximum Gasteiger partial charge on any atom is 0.114 e. The number of morpholine rings is 3. The summed E-state index contributed by atoms with van der Waals surface area (Å²) < 4.78 is 33.3. The summed E-state index contributed by atoms with van der Waals surface area (Å²) in [6.45, 7) is 77.6. The first kappa shape index (κ1) is 88.3. The molecule has 0 spiro atoms. The summed E-state index contributed by atoms with van der Waals surface area (Å²) in [7, 11) is 0. The number of nitrogens with zero attached hydrogens (tertiary/aromatic N) is 8. The second kappa shape index (κ2) is 56.5. The molecule has 0 aromatic carbocycles. The molecule has 536 valence electrons. The first-order valence-corrected chi connectivity index (χ1v) is 37.0. The van der Waals surface area contributed by atoms with Gasteiger partial charge >= 0.3 is 0 Å². The summed E-state index contributed by atoms with van der Waals surface area (Å²) in [6.07, 6.45) is 10.8. The zero-order valence-corrected chi connectivity index (χ0v) is 62.8. The van der Waals surface area contributed by atoms with Crippen molar-refractivity contribution < 1.29 is 33.6 Å². The van der Waals surface area contributed by atoms with Crippen LogP contribution < -0.4 is 5.32 Å². The summed E-state index contributed by atoms with van der Waals surface area (Å²) in [5, 5.41) is 20.4. The largest absolute Gasteiger partial charge is 0.394 e. The van der Waals surface area contributed by atoms with Gasteiger partial charge in [-0.1, -0.05) is 83.1 Å². The Bertz CT molecular complexity index is 1440. The van der Waals surface area contributed by atoms with Gasteiger partial charge in [0.1, 0.15) is 12.3 Å². The molecule has 9 aliphatic rings. The molecule has 9 heterocycles. The number of rotatable bonds is 19. The van der Waals surface area contributed by atoms with E-state index in [4.69, 9.17) is 29.2 Å². The molecule has 0 aromatic rings. The van der Waals surface area contributed by atoms with Gasteiger partial charge in [-0.3, -0.25) is 14.7 Å². The smallest absolute Gasteiger partial charge is 0.114 e. The Balaban J connectivity index is 0.000000969. The van der Waals surface area contributed by atoms with Gasteiger partial charge in [-0.25, -0.2) is 4.39 Å². The zero-order chi connectivity index (χ0) is 66.9. The summed E-state index contributed by atoms with van der Waals surface area (Å²) >= 11 is 0. The van der Waals surface area contributed by atoms with Crippen LogP contribution in [0.4, 0.5) is 4.39 Å². The lowest BCUT2D eigenvalue weighted by Crippen LogP contribution is -2.41. The fourth-order valence-corrected chi connectivity index (χ4v) is 11.4. The second-order valence-corrected chi connectivity index (χ2v) is 30.2. The molecule has 89 heavy (non-hydrogen) atoms. The van der Waals surface area contributed by atoms with Crippen LogP contribution in [0.25, 0.3) is 0 Å². The monoisotopic (exact) mass is 1270 g/mol. The van der Waals surface area contributed by atoms with Crippen molar-refractivity contribution in [2.75, 3.05) is 203 Å². The quantitative estimate of drug-likeness (QED) is 0.114. The summed E-state index contributed by atoms with van der Waals surface area (Å²) in [5.41, 5.74) is 0. The van der Waals surface area contributed by atoms with Gasteiger partial charge in [0, 0.05) is 96.7 Å². The number of hydrogen-bond acceptors (Lipinski definition) is 15. The molecule has 9 fully saturated rings. The van der Waals surface area contributed by atoms with Crippen LogP contribution in [0.15, 0.2) is 0 Å². The van der Waals surface area contributed by atoms with E-state index in [1.807, 2.05) is 13.8 Å². The molecule has 0 aromatic heterocycles. The standard InChI is InChI=1S/C9H19NO.C8H16FN.C8H17NO.C8H17N.C7H15NO.3C7H15N.C6H13N.C6H14O3/c1-9(2)3-4-10-5-7-11-8-6-10;1-7(2)5-10-4-3-8(9)6-10;1-8(2)7-9-3-5-10-6-4-9;1-8(2)7-9-5-3-4-6-9;1-7(2)8-3-5-9-6-4-8;1-6(2)7-3-4-8-5-7;1-7(2)6-8-4-3-5-8;1-7(2)8-5-3-4-6-8;1-6(2)7-4-3-5-7;1-5(2)9-4-6(8)3-7/h9H,3-8H2,1-2H3;7-8H,3-6H2,1-2H3;8H,3-7H2,1-2H3;8H,3-7H2,1-2H3;7H,3-6H2,1-2H3;6-8H,3-5H2,1-2H3;2*7H,3-6H2,1-2H3;6H,3-5H2,1-2H3;5-8H,3-4H2,1-2H3. The van der Waals surface area contributed by atoms with Crippen molar-refractivity contribution in [2.45, 2.75) is 233 Å². The minimum atomic E-state index is -0.729. The van der Waals surface area contributed by atoms with Crippen molar-refractivity contribution in [1.82, 2.24) is 44.5 Å². The molecule has 0 amide bonds. The van der Waals surface area contributed by atoms with E-state index in [2.05, 4.69) is 169 Å². The average Bonchev–Trinajstić information content (AvgIpc) is 4.38. The number of alkyl halides is 1. The van der Waals surface area contributed by atoms with Gasteiger partial charge in [-0.05, 0) is 227 Å². The highest BCUT2D eigenvalue weighted by atomic mass is 19.1. The Morgan fingerprint density at radius 1 is 0.438 bits per heavy atom. The van der Waals surface area contributed by atoms with Crippen LogP contribution in [0.2, 0.25) is 0 Å². The van der Waals surface area contributed by atoms with Crippen LogP contribution in [0.1, 0.15) is 196 Å². The maximum absolute atomic E-state index is 12.6. The van der Waals surface area contributed by atoms with Gasteiger partial charge in [-0.2, -0.15) is 0 Å². The molecule has 3 atom stereocenters. The molecule has 0 saturated carbocycles. The summed E-state index contributed by atoms with van der Waals surface area (Å²) in [5.74, 6) is 5.83. The first-order valence-electron chi connectivity index (χ1n) is 37.0. The SMILES string of the molecule is CC(C)C1CCNC1.CC(C)CCN1CCOCC1.CC(C)CN1CCC(F)C1.CC(C)CN1CCC1.CC(C)CN1CCCC1.CC(C)CN1CCOCC1.CC(C)N1CCC1.CC(C)N1CCCC1.CC(C)N1CCOCC1.CC(C)OCC(O)CO. The maximum atomic E-state index is 12.6. The molecule has 0 radical (unpaired) electrons. The van der Waals surface area contributed by atoms with Gasteiger partial charge in [-0.15, -0.1) is 0 Å². The summed E-state index contributed by atoms with van der Waals surface area (Å²) in [6, 6.07) is 2.25. The molecule has 3 unspecified atom stereocenters. The highest BCUT2D eigenvalue weighted by molar-refractivity contribution is 4.76. The lowest BCUT2D eigenvalue weighted by Gasteiger charge is -2.34. The topological polar surface area (TPSA) is 115 Å². The van der Waals surface area contributed by atoms with E-state index in [0.29, 0.717) is 18.5 Å². The van der Waals surface area contributed by atoms with Crippen LogP contribution in [0.5, 0.6) is 0 Å². The van der Waals surface area contributed by atoms with Crippen molar-refractivity contribution in [3.8, 4) is 0 Å². The van der Waals surface area contributed by atoms with Crippen LogP contribution in [0.3, 0.4) is 0 Å². The third kappa shape index (κ3) is 53.2. The van der Waals surface area contributed by atoms with Crippen LogP contribution in [-0.4, -0.2) is 289 Å². The minimum absolute atomic E-state index is 0.117. The number of ether oxygens (including phenoxy) is 4. The van der Waals surface area contributed by atoms with Crippen LogP contribution in [0, 0.1) is 41.4 Å². The van der Waals surface area contributed by atoms with Gasteiger partial charge in [0.25, 0.3) is 0 Å². The molecule has 9 saturated heterocycles. The first-order chi connectivity index (χ1) is 42.2. The normalized spacial score (nSPS) is 22.6. The van der Waals surface area contributed by atoms with Crippen LogP contribution >= 0.6 is 0 Å². The molecule has 3 N–H and O–H groups in total. The predicted octanol–water partition coefficient (Wildman–Crippen LogP) is 11.4. The van der Waals surface area contributed by atoms with Gasteiger partial charge < -0.3 is 59.0 Å². The number of likely N-dealkylation sites (tertiary alicyclic amines) is 5. The number of aliphatic hydroxyl groups excluding tert-OH is 2. The highest BCUT2D eigenvalue weighted by Gasteiger charge is 2.22. The molecule has 15 nitrogen and oxygen atoms in total. The third-order valence-electron chi connectivity index (χ3n) is 17.2. The van der Waals surface area contributed by atoms with E-state index < -0.39 is 12.3 Å². The minimum Gasteiger partial charge on any atom is -0.394 e. The second-order valence-electron chi connectivity index (χ2n) is 30.2. The Morgan fingerprint density at radius 2 is 0.809 bits per heavy atom. The molecule has 0 bridgehead atoms. The van der Waals surface area contributed by atoms with Crippen LogP contribution in [-0.2, 0) is 18.9 Å². The van der Waals surface area contributed by atoms with Gasteiger partial charge in [0.2, 0.25) is 0 Å². The Morgan fingerprint density at radius 3 is 1.09 bits per heavy atom. The van der Waals surface area contributed by atoms with E-state index >= 15 is 0 Å². The third-order valence-corrected chi connectivity index (χ3v) is 17.2. The Hall–Kier alpha value is -0.670. The van der Waals surface area contributed by atoms with E-state index in [9.17, 15) is 4.39 Å². The average molecular weight is 1280 g/mol. The van der Waals surface area contributed by atoms with E-state index in [1.165, 1.54) is 143 Å². The molecule has 0 aliphatic carbocycles. The number of aliphatic hydroxyl groups is 2. The molecule has 9 aliphatic heterocycles. The predicted molar refractivity (Wildman–Crippen MR) is 381 cm³/mol. The van der Waals surface area contributed by atoms with Crippen molar-refractivity contribution in [1.29, 1.82) is 0 Å². The van der Waals surface area contributed by atoms with Gasteiger partial charge in [0.15, 0.2) is 0 Å². The number of halogens is 1. The lowest BCUT2D eigenvalue weighted by molar-refractivity contribution is -0.0167. The molecule has 9 rings (SSSR count). The fraction of sp³-hybridized carbons (Fsp3) is 1.00. The molecular weight excluding hydrogens is 1120 g/mol. The fourth-order valence-electron chi connectivity index (χ4n) is 11.4. The molecule has 16 heteroatoms. The van der Waals surface area contributed by atoms with Crippen molar-refractivity contribution in [2.24, 2.45) is 41.4 Å². The van der Waals surface area contributed by atoms with E-state index in [0.717, 1.165) is 146 Å². The summed E-state index contributed by atoms with van der Waals surface area (Å²) in [4.78, 5) is 19.7. The lowest BCUT2D eigenvalue weighted by atomic mass is 9.96. The van der Waals surface area contributed by atoms with E-state index in [-0.39, 0.29) is 19.3 Å². The zero-order valence-electron chi connectivity index (χ0n) is 62.8. The highest BCUT2D eigenvalue weighted by Crippen LogP contribution is 2.18. The van der Waals surface area contributed by atoms with Crippen molar-refractivity contribution in [3.63, 3.8) is 0 Å². The Labute approximate surface area is 553 Å². The van der Waals surface area contributed by atoms with E-state index in [1.54, 1.807) is 0 Å². The van der Waals surface area contributed by atoms with Crippen molar-refractivity contribution in [3.05, 3.63) is 0 Å².